The second-order valence-electron chi connectivity index (χ2n) is 7.98. The number of carbonyl (C=O) groups is 1. The van der Waals surface area contributed by atoms with Crippen molar-refractivity contribution in [3.8, 4) is 0 Å². The van der Waals surface area contributed by atoms with Gasteiger partial charge < -0.3 is 10.2 Å². The van der Waals surface area contributed by atoms with Crippen molar-refractivity contribution in [2.75, 3.05) is 38.0 Å². The molecule has 0 unspecified atom stereocenters. The summed E-state index contributed by atoms with van der Waals surface area (Å²) in [5.74, 6) is -0.227. The van der Waals surface area contributed by atoms with Gasteiger partial charge in [-0.2, -0.15) is 4.31 Å². The fourth-order valence-electron chi connectivity index (χ4n) is 3.87. The molecular formula is C25H33N3O3S. The molecule has 0 aromatic heterocycles. The Bertz CT molecular complexity index is 1010. The molecule has 172 valence electrons. The first-order chi connectivity index (χ1) is 15.4. The number of hydrogen-bond acceptors (Lipinski definition) is 4. The Hall–Kier alpha value is -2.48. The van der Waals surface area contributed by atoms with Crippen molar-refractivity contribution in [1.29, 1.82) is 0 Å². The molecule has 1 aliphatic heterocycles. The summed E-state index contributed by atoms with van der Waals surface area (Å²) >= 11 is 0. The zero-order chi connectivity index (χ0) is 23.0. The maximum atomic E-state index is 12.5. The zero-order valence-corrected chi connectivity index (χ0v) is 19.8. The van der Waals surface area contributed by atoms with Gasteiger partial charge in [-0.05, 0) is 73.8 Å². The van der Waals surface area contributed by atoms with Gasteiger partial charge in [0.25, 0.3) is 0 Å². The molecule has 6 nitrogen and oxygen atoms in total. The molecule has 1 saturated heterocycles. The Morgan fingerprint density at radius 3 is 2.22 bits per heavy atom. The van der Waals surface area contributed by atoms with E-state index in [4.69, 9.17) is 0 Å². The Morgan fingerprint density at radius 1 is 1.00 bits per heavy atom. The molecule has 2 aromatic rings. The Morgan fingerprint density at radius 2 is 1.62 bits per heavy atom. The van der Waals surface area contributed by atoms with Gasteiger partial charge in [-0.25, -0.2) is 8.42 Å². The molecular weight excluding hydrogens is 422 g/mol. The van der Waals surface area contributed by atoms with Crippen LogP contribution in [0.4, 0.5) is 5.69 Å². The largest absolute Gasteiger partial charge is 0.323 e. The lowest BCUT2D eigenvalue weighted by Gasteiger charge is -2.18. The van der Waals surface area contributed by atoms with Gasteiger partial charge in [0.05, 0.1) is 4.90 Å². The second-order valence-corrected chi connectivity index (χ2v) is 9.91. The molecule has 0 atom stereocenters. The first-order valence-corrected chi connectivity index (χ1v) is 12.8. The summed E-state index contributed by atoms with van der Waals surface area (Å²) in [6.45, 7) is 7.99. The van der Waals surface area contributed by atoms with Crippen LogP contribution in [-0.4, -0.2) is 56.3 Å². The minimum absolute atomic E-state index is 0.227. The van der Waals surface area contributed by atoms with Crippen molar-refractivity contribution in [2.24, 2.45) is 0 Å². The number of amides is 1. The molecule has 1 aliphatic rings. The maximum Gasteiger partial charge on any atom is 0.248 e. The van der Waals surface area contributed by atoms with Gasteiger partial charge in [-0.15, -0.1) is 0 Å². The standard InChI is InChI=1S/C25H33N3O3S/c1-3-28(4-2)32(30,31)24-14-9-21(10-15-24)11-16-25(29)26-23-12-7-22(8-13-23)17-20-27-18-5-6-19-27/h7-16H,3-6,17-20H2,1-2H3,(H,26,29)/b16-11+. The van der Waals surface area contributed by atoms with E-state index in [1.807, 2.05) is 26.0 Å². The van der Waals surface area contributed by atoms with Crippen molar-refractivity contribution in [1.82, 2.24) is 9.21 Å². The van der Waals surface area contributed by atoms with E-state index < -0.39 is 10.0 Å². The lowest BCUT2D eigenvalue weighted by atomic mass is 10.1. The van der Waals surface area contributed by atoms with Gasteiger partial charge in [-0.1, -0.05) is 38.1 Å². The van der Waals surface area contributed by atoms with Crippen molar-refractivity contribution >= 4 is 27.7 Å². The minimum atomic E-state index is -3.48. The summed E-state index contributed by atoms with van der Waals surface area (Å²) in [5, 5.41) is 2.86. The monoisotopic (exact) mass is 455 g/mol. The highest BCUT2D eigenvalue weighted by atomic mass is 32.2. The average Bonchev–Trinajstić information content (AvgIpc) is 3.32. The van der Waals surface area contributed by atoms with Crippen LogP contribution in [0.2, 0.25) is 0 Å². The molecule has 3 rings (SSSR count). The van der Waals surface area contributed by atoms with Crippen LogP contribution < -0.4 is 5.32 Å². The number of likely N-dealkylation sites (tertiary alicyclic amines) is 1. The molecule has 2 aromatic carbocycles. The Balaban J connectivity index is 1.52. The van der Waals surface area contributed by atoms with Crippen LogP contribution in [0, 0.1) is 0 Å². The van der Waals surface area contributed by atoms with Crippen LogP contribution in [0.5, 0.6) is 0 Å². The van der Waals surface area contributed by atoms with E-state index in [1.54, 1.807) is 30.3 Å². The molecule has 7 heteroatoms. The highest BCUT2D eigenvalue weighted by Gasteiger charge is 2.20. The molecule has 0 bridgehead atoms. The van der Waals surface area contributed by atoms with Crippen molar-refractivity contribution in [3.63, 3.8) is 0 Å². The van der Waals surface area contributed by atoms with Gasteiger partial charge in [-0.3, -0.25) is 4.79 Å². The van der Waals surface area contributed by atoms with E-state index >= 15 is 0 Å². The molecule has 1 fully saturated rings. The fourth-order valence-corrected chi connectivity index (χ4v) is 5.33. The Kier molecular flexibility index (Phi) is 8.61. The fraction of sp³-hybridized carbons (Fsp3) is 0.400. The van der Waals surface area contributed by atoms with Gasteiger partial charge in [0.2, 0.25) is 15.9 Å². The number of nitrogens with zero attached hydrogens (tertiary/aromatic N) is 2. The summed E-state index contributed by atoms with van der Waals surface area (Å²) in [5.41, 5.74) is 2.78. The summed E-state index contributed by atoms with van der Waals surface area (Å²) in [7, 11) is -3.48. The van der Waals surface area contributed by atoms with Gasteiger partial charge in [0, 0.05) is 31.4 Å². The number of carbonyl (C=O) groups excluding carboxylic acids is 1. The summed E-state index contributed by atoms with van der Waals surface area (Å²) < 4.78 is 26.5. The summed E-state index contributed by atoms with van der Waals surface area (Å²) in [6.07, 6.45) is 6.76. The number of nitrogens with one attached hydrogen (secondary N) is 1. The first kappa shape index (κ1) is 24.2. The molecule has 1 amide bonds. The quantitative estimate of drug-likeness (QED) is 0.550. The molecule has 0 saturated carbocycles. The number of anilines is 1. The SMILES string of the molecule is CCN(CC)S(=O)(=O)c1ccc(/C=C/C(=O)Nc2ccc(CCN3CCCC3)cc2)cc1. The van der Waals surface area contributed by atoms with E-state index in [9.17, 15) is 13.2 Å². The molecule has 1 N–H and O–H groups in total. The van der Waals surface area contributed by atoms with Crippen molar-refractivity contribution in [2.45, 2.75) is 38.0 Å². The van der Waals surface area contributed by atoms with Crippen LogP contribution >= 0.6 is 0 Å². The van der Waals surface area contributed by atoms with Gasteiger partial charge in [0.1, 0.15) is 0 Å². The van der Waals surface area contributed by atoms with Crippen LogP contribution in [-0.2, 0) is 21.2 Å². The molecule has 32 heavy (non-hydrogen) atoms. The van der Waals surface area contributed by atoms with E-state index in [0.29, 0.717) is 13.1 Å². The van der Waals surface area contributed by atoms with Crippen molar-refractivity contribution in [3.05, 3.63) is 65.7 Å². The molecule has 1 heterocycles. The van der Waals surface area contributed by atoms with Gasteiger partial charge >= 0.3 is 0 Å². The first-order valence-electron chi connectivity index (χ1n) is 11.3. The molecule has 0 aliphatic carbocycles. The number of hydrogen-bond donors (Lipinski definition) is 1. The van der Waals surface area contributed by atoms with E-state index in [-0.39, 0.29) is 10.8 Å². The smallest absolute Gasteiger partial charge is 0.248 e. The third-order valence-electron chi connectivity index (χ3n) is 5.79. The highest BCUT2D eigenvalue weighted by molar-refractivity contribution is 7.89. The maximum absolute atomic E-state index is 12.5. The van der Waals surface area contributed by atoms with Gasteiger partial charge in [0.15, 0.2) is 0 Å². The Labute approximate surface area is 192 Å². The van der Waals surface area contributed by atoms with E-state index in [1.165, 1.54) is 41.9 Å². The summed E-state index contributed by atoms with van der Waals surface area (Å²) in [6, 6.07) is 14.5. The second kappa shape index (κ2) is 11.4. The van der Waals surface area contributed by atoms with Crippen LogP contribution in [0.1, 0.15) is 37.8 Å². The van der Waals surface area contributed by atoms with E-state index in [2.05, 4.69) is 22.3 Å². The topological polar surface area (TPSA) is 69.7 Å². The van der Waals surface area contributed by atoms with Crippen molar-refractivity contribution < 1.29 is 13.2 Å². The number of benzene rings is 2. The van der Waals surface area contributed by atoms with Crippen LogP contribution in [0.25, 0.3) is 6.08 Å². The number of rotatable bonds is 10. The predicted octanol–water partition coefficient (Wildman–Crippen LogP) is 4.01. The summed E-state index contributed by atoms with van der Waals surface area (Å²) in [4.78, 5) is 15.0. The zero-order valence-electron chi connectivity index (χ0n) is 19.0. The lowest BCUT2D eigenvalue weighted by Crippen LogP contribution is -2.30. The third kappa shape index (κ3) is 6.51. The average molecular weight is 456 g/mol. The molecule has 0 spiro atoms. The number of sulfonamides is 1. The lowest BCUT2D eigenvalue weighted by molar-refractivity contribution is -0.111. The minimum Gasteiger partial charge on any atom is -0.323 e. The predicted molar refractivity (Wildman–Crippen MR) is 130 cm³/mol. The third-order valence-corrected chi connectivity index (χ3v) is 7.85. The highest BCUT2D eigenvalue weighted by Crippen LogP contribution is 2.17. The normalized spacial score (nSPS) is 15.0. The van der Waals surface area contributed by atoms with Crippen LogP contribution in [0.15, 0.2) is 59.5 Å². The molecule has 0 radical (unpaired) electrons. The van der Waals surface area contributed by atoms with E-state index in [0.717, 1.165) is 24.2 Å². The van der Waals surface area contributed by atoms with Crippen LogP contribution in [0.3, 0.4) is 0 Å².